The van der Waals surface area contributed by atoms with Crippen molar-refractivity contribution in [2.75, 3.05) is 31.2 Å². The summed E-state index contributed by atoms with van der Waals surface area (Å²) in [5.41, 5.74) is 1.63. The molecule has 0 radical (unpaired) electrons. The molecule has 2 aromatic rings. The van der Waals surface area contributed by atoms with Crippen LogP contribution in [0.1, 0.15) is 12.5 Å². The highest BCUT2D eigenvalue weighted by Crippen LogP contribution is 2.34. The Morgan fingerprint density at radius 3 is 2.63 bits per heavy atom. The van der Waals surface area contributed by atoms with Crippen LogP contribution in [-0.2, 0) is 16.0 Å². The fourth-order valence-corrected chi connectivity index (χ4v) is 3.04. The van der Waals surface area contributed by atoms with Crippen molar-refractivity contribution >= 4 is 29.1 Å². The molecule has 0 spiro atoms. The molecule has 1 aliphatic heterocycles. The number of carbonyl (C=O) groups excluding carboxylic acids is 2. The van der Waals surface area contributed by atoms with Crippen molar-refractivity contribution in [1.82, 2.24) is 5.32 Å². The summed E-state index contributed by atoms with van der Waals surface area (Å²) >= 11 is 5.96. The average molecular weight is 389 g/mol. The van der Waals surface area contributed by atoms with Crippen molar-refractivity contribution in [1.29, 1.82) is 0 Å². The van der Waals surface area contributed by atoms with Gasteiger partial charge in [0.05, 0.1) is 0 Å². The molecule has 6 nitrogen and oxygen atoms in total. The van der Waals surface area contributed by atoms with Crippen LogP contribution in [0.3, 0.4) is 0 Å². The second kappa shape index (κ2) is 8.77. The average Bonchev–Trinajstić information content (AvgIpc) is 2.65. The summed E-state index contributed by atoms with van der Waals surface area (Å²) in [6.07, 6.45) is 0.663. The number of amides is 2. The van der Waals surface area contributed by atoms with Gasteiger partial charge >= 0.3 is 0 Å². The Morgan fingerprint density at radius 1 is 1.11 bits per heavy atom. The van der Waals surface area contributed by atoms with Gasteiger partial charge in [0, 0.05) is 30.2 Å². The van der Waals surface area contributed by atoms with Crippen LogP contribution < -0.4 is 19.7 Å². The molecule has 7 heteroatoms. The summed E-state index contributed by atoms with van der Waals surface area (Å²) in [5, 5.41) is 3.50. The van der Waals surface area contributed by atoms with Crippen LogP contribution in [0.15, 0.2) is 42.5 Å². The first-order valence-electron chi connectivity index (χ1n) is 8.72. The van der Waals surface area contributed by atoms with Gasteiger partial charge in [-0.15, -0.1) is 0 Å². The van der Waals surface area contributed by atoms with Crippen molar-refractivity contribution in [3.8, 4) is 11.5 Å². The Hall–Kier alpha value is -2.73. The lowest BCUT2D eigenvalue weighted by Crippen LogP contribution is -2.40. The number of hydrogen-bond donors (Lipinski definition) is 1. The number of benzene rings is 2. The molecule has 1 N–H and O–H groups in total. The zero-order chi connectivity index (χ0) is 19.2. The van der Waals surface area contributed by atoms with E-state index in [2.05, 4.69) is 5.32 Å². The molecule has 3 rings (SSSR count). The maximum atomic E-state index is 12.3. The van der Waals surface area contributed by atoms with E-state index in [4.69, 9.17) is 21.1 Å². The van der Waals surface area contributed by atoms with E-state index >= 15 is 0 Å². The predicted molar refractivity (Wildman–Crippen MR) is 104 cm³/mol. The lowest BCUT2D eigenvalue weighted by Gasteiger charge is -2.24. The van der Waals surface area contributed by atoms with Gasteiger partial charge in [-0.1, -0.05) is 23.7 Å². The Balaban J connectivity index is 1.59. The Bertz CT molecular complexity index is 840. The van der Waals surface area contributed by atoms with Crippen LogP contribution in [0.2, 0.25) is 5.02 Å². The molecule has 27 heavy (non-hydrogen) atoms. The van der Waals surface area contributed by atoms with Crippen LogP contribution in [0, 0.1) is 0 Å². The lowest BCUT2D eigenvalue weighted by molar-refractivity contribution is -0.123. The topological polar surface area (TPSA) is 67.9 Å². The normalized spacial score (nSPS) is 12.4. The van der Waals surface area contributed by atoms with E-state index in [1.54, 1.807) is 18.2 Å². The smallest absolute Gasteiger partial charge is 0.240 e. The number of ether oxygens (including phenoxy) is 2. The minimum absolute atomic E-state index is 0.0650. The molecule has 0 atom stereocenters. The molecule has 0 aliphatic carbocycles. The van der Waals surface area contributed by atoms with Gasteiger partial charge in [0.2, 0.25) is 11.8 Å². The van der Waals surface area contributed by atoms with Gasteiger partial charge in [0.25, 0.3) is 0 Å². The second-order valence-electron chi connectivity index (χ2n) is 6.16. The molecule has 0 saturated heterocycles. The van der Waals surface area contributed by atoms with E-state index in [1.807, 2.05) is 24.3 Å². The third kappa shape index (κ3) is 5.14. The van der Waals surface area contributed by atoms with Gasteiger partial charge in [0.15, 0.2) is 11.5 Å². The third-order valence-corrected chi connectivity index (χ3v) is 4.38. The van der Waals surface area contributed by atoms with Crippen molar-refractivity contribution < 1.29 is 19.1 Å². The predicted octanol–water partition coefficient (Wildman–Crippen LogP) is 2.82. The highest BCUT2D eigenvalue weighted by molar-refractivity contribution is 6.30. The Morgan fingerprint density at radius 2 is 1.89 bits per heavy atom. The molecule has 0 unspecified atom stereocenters. The lowest BCUT2D eigenvalue weighted by atomic mass is 10.1. The highest BCUT2D eigenvalue weighted by atomic mass is 35.5. The molecule has 0 bridgehead atoms. The standard InChI is InChI=1S/C20H21ClN2O4/c1-14(24)23(17-5-6-18-19(12-17)27-10-9-26-18)13-20(25)22-8-7-15-3-2-4-16(21)11-15/h2-6,11-12H,7-10,13H2,1H3,(H,22,25). The number of fused-ring (bicyclic) bond motifs is 1. The number of nitrogens with zero attached hydrogens (tertiary/aromatic N) is 1. The molecule has 1 aliphatic rings. The molecular weight excluding hydrogens is 368 g/mol. The number of anilines is 1. The second-order valence-corrected chi connectivity index (χ2v) is 6.60. The first-order valence-corrected chi connectivity index (χ1v) is 9.09. The van der Waals surface area contributed by atoms with Gasteiger partial charge < -0.3 is 19.7 Å². The Kier molecular flexibility index (Phi) is 6.19. The van der Waals surface area contributed by atoms with Gasteiger partial charge in [-0.3, -0.25) is 9.59 Å². The highest BCUT2D eigenvalue weighted by Gasteiger charge is 2.19. The minimum atomic E-state index is -0.234. The van der Waals surface area contributed by atoms with Crippen molar-refractivity contribution in [2.24, 2.45) is 0 Å². The van der Waals surface area contributed by atoms with Crippen LogP contribution in [0.4, 0.5) is 5.69 Å². The zero-order valence-corrected chi connectivity index (χ0v) is 15.8. The number of carbonyl (C=O) groups is 2. The maximum absolute atomic E-state index is 12.3. The van der Waals surface area contributed by atoms with E-state index in [-0.39, 0.29) is 18.4 Å². The molecule has 2 aromatic carbocycles. The third-order valence-electron chi connectivity index (χ3n) is 4.14. The zero-order valence-electron chi connectivity index (χ0n) is 15.0. The minimum Gasteiger partial charge on any atom is -0.486 e. The van der Waals surface area contributed by atoms with E-state index in [9.17, 15) is 9.59 Å². The van der Waals surface area contributed by atoms with Crippen molar-refractivity contribution in [3.63, 3.8) is 0 Å². The number of halogens is 1. The van der Waals surface area contributed by atoms with Gasteiger partial charge in [-0.2, -0.15) is 0 Å². The van der Waals surface area contributed by atoms with Crippen molar-refractivity contribution in [3.05, 3.63) is 53.1 Å². The summed E-state index contributed by atoms with van der Waals surface area (Å²) in [5.74, 6) is 0.754. The van der Waals surface area contributed by atoms with E-state index in [0.717, 1.165) is 5.56 Å². The quantitative estimate of drug-likeness (QED) is 0.826. The van der Waals surface area contributed by atoms with Gasteiger partial charge in [-0.05, 0) is 36.2 Å². The number of hydrogen-bond acceptors (Lipinski definition) is 4. The van der Waals surface area contributed by atoms with Gasteiger partial charge in [0.1, 0.15) is 19.8 Å². The maximum Gasteiger partial charge on any atom is 0.240 e. The molecule has 142 valence electrons. The fourth-order valence-electron chi connectivity index (χ4n) is 2.82. The van der Waals surface area contributed by atoms with E-state index in [1.165, 1.54) is 11.8 Å². The number of nitrogens with one attached hydrogen (secondary N) is 1. The monoisotopic (exact) mass is 388 g/mol. The van der Waals surface area contributed by atoms with Crippen LogP contribution in [0.5, 0.6) is 11.5 Å². The van der Waals surface area contributed by atoms with Crippen LogP contribution >= 0.6 is 11.6 Å². The SMILES string of the molecule is CC(=O)N(CC(=O)NCCc1cccc(Cl)c1)c1ccc2c(c1)OCCO2. The summed E-state index contributed by atoms with van der Waals surface area (Å²) in [6.45, 7) is 2.78. The van der Waals surface area contributed by atoms with Crippen LogP contribution in [0.25, 0.3) is 0 Å². The summed E-state index contributed by atoms with van der Waals surface area (Å²) in [7, 11) is 0. The fraction of sp³-hybridized carbons (Fsp3) is 0.300. The summed E-state index contributed by atoms with van der Waals surface area (Å²) in [4.78, 5) is 25.7. The summed E-state index contributed by atoms with van der Waals surface area (Å²) < 4.78 is 11.0. The largest absolute Gasteiger partial charge is 0.486 e. The van der Waals surface area contributed by atoms with Crippen LogP contribution in [-0.4, -0.2) is 38.1 Å². The molecule has 0 saturated carbocycles. The van der Waals surface area contributed by atoms with E-state index < -0.39 is 0 Å². The molecule has 2 amide bonds. The molecule has 1 heterocycles. The summed E-state index contributed by atoms with van der Waals surface area (Å²) in [6, 6.07) is 12.7. The molecular formula is C20H21ClN2O4. The Labute approximate surface area is 163 Å². The first-order chi connectivity index (χ1) is 13.0. The van der Waals surface area contributed by atoms with Crippen molar-refractivity contribution in [2.45, 2.75) is 13.3 Å². The molecule has 0 aromatic heterocycles. The first kappa shape index (κ1) is 19.0. The molecule has 0 fully saturated rings. The van der Waals surface area contributed by atoms with E-state index in [0.29, 0.717) is 48.4 Å². The number of rotatable bonds is 6. The van der Waals surface area contributed by atoms with Gasteiger partial charge in [-0.25, -0.2) is 0 Å².